The quantitative estimate of drug-likeness (QED) is 0.442. The standard InChI is InChI=1S/C14H30Br2N2/c1-7-18(8-2,9-3)11-10-13(15)14(16)12-17(4,5)6/h10,14H,7-9,11-12H2,1-6H3/q+2/b13-10-. The lowest BCUT2D eigenvalue weighted by Gasteiger charge is -2.35. The molecule has 0 saturated carbocycles. The maximum Gasteiger partial charge on any atom is 0.0984 e. The zero-order valence-corrected chi connectivity index (χ0v) is 16.0. The first-order valence-corrected chi connectivity index (χ1v) is 8.55. The Hall–Kier alpha value is 0.620. The fourth-order valence-corrected chi connectivity index (χ4v) is 3.38. The van der Waals surface area contributed by atoms with Crippen molar-refractivity contribution >= 4 is 31.9 Å². The van der Waals surface area contributed by atoms with Crippen LogP contribution in [0.15, 0.2) is 10.6 Å². The summed E-state index contributed by atoms with van der Waals surface area (Å²) < 4.78 is 3.42. The van der Waals surface area contributed by atoms with Crippen LogP contribution in [0.4, 0.5) is 0 Å². The molecule has 0 saturated heterocycles. The van der Waals surface area contributed by atoms with Gasteiger partial charge in [0, 0.05) is 4.48 Å². The molecule has 0 heterocycles. The number of hydrogen-bond acceptors (Lipinski definition) is 0. The van der Waals surface area contributed by atoms with Crippen LogP contribution in [0, 0.1) is 0 Å². The van der Waals surface area contributed by atoms with E-state index in [9.17, 15) is 0 Å². The summed E-state index contributed by atoms with van der Waals surface area (Å²) in [4.78, 5) is 0.407. The van der Waals surface area contributed by atoms with Crippen LogP contribution in [-0.2, 0) is 0 Å². The third-order valence-corrected chi connectivity index (χ3v) is 5.97. The van der Waals surface area contributed by atoms with E-state index in [-0.39, 0.29) is 0 Å². The average molecular weight is 386 g/mol. The van der Waals surface area contributed by atoms with Crippen molar-refractivity contribution in [3.8, 4) is 0 Å². The maximum absolute atomic E-state index is 3.77. The van der Waals surface area contributed by atoms with Gasteiger partial charge in [-0.1, -0.05) is 31.9 Å². The Morgan fingerprint density at radius 2 is 1.50 bits per heavy atom. The molecular formula is C14H30Br2N2+2. The van der Waals surface area contributed by atoms with Gasteiger partial charge in [-0.15, -0.1) is 0 Å². The summed E-state index contributed by atoms with van der Waals surface area (Å²) in [6.07, 6.45) is 2.35. The smallest absolute Gasteiger partial charge is 0.0984 e. The average Bonchev–Trinajstić information content (AvgIpc) is 2.29. The molecule has 0 fully saturated rings. The van der Waals surface area contributed by atoms with Crippen molar-refractivity contribution in [2.45, 2.75) is 25.6 Å². The highest BCUT2D eigenvalue weighted by atomic mass is 79.9. The minimum absolute atomic E-state index is 0.407. The molecule has 0 aliphatic carbocycles. The Kier molecular flexibility index (Phi) is 8.31. The lowest BCUT2D eigenvalue weighted by Crippen LogP contribution is -2.47. The van der Waals surface area contributed by atoms with Crippen LogP contribution in [0.3, 0.4) is 0 Å². The second kappa shape index (κ2) is 8.03. The Balaban J connectivity index is 4.59. The largest absolute Gasteiger partial charge is 0.330 e. The summed E-state index contributed by atoms with van der Waals surface area (Å²) in [5, 5.41) is 0. The van der Waals surface area contributed by atoms with Gasteiger partial charge in [0.2, 0.25) is 0 Å². The van der Waals surface area contributed by atoms with Crippen LogP contribution >= 0.6 is 31.9 Å². The highest BCUT2D eigenvalue weighted by Gasteiger charge is 2.22. The predicted octanol–water partition coefficient (Wildman–Crippen LogP) is 3.61. The van der Waals surface area contributed by atoms with Crippen molar-refractivity contribution < 1.29 is 8.97 Å². The summed E-state index contributed by atoms with van der Waals surface area (Å²) in [7, 11) is 6.66. The molecule has 0 aliphatic heterocycles. The minimum atomic E-state index is 0.407. The molecule has 0 spiro atoms. The lowest BCUT2D eigenvalue weighted by atomic mass is 10.3. The topological polar surface area (TPSA) is 0 Å². The van der Waals surface area contributed by atoms with E-state index in [1.807, 2.05) is 0 Å². The molecule has 0 aliphatic rings. The Morgan fingerprint density at radius 1 is 1.06 bits per heavy atom. The molecule has 0 aromatic heterocycles. The number of quaternary nitrogens is 2. The summed E-state index contributed by atoms with van der Waals surface area (Å²) in [6.45, 7) is 12.7. The summed E-state index contributed by atoms with van der Waals surface area (Å²) in [5.41, 5.74) is 0. The van der Waals surface area contributed by atoms with Gasteiger partial charge in [-0.05, 0) is 26.8 Å². The van der Waals surface area contributed by atoms with Crippen LogP contribution in [0.2, 0.25) is 0 Å². The fraction of sp³-hybridized carbons (Fsp3) is 0.857. The van der Waals surface area contributed by atoms with Gasteiger partial charge in [0.1, 0.15) is 0 Å². The molecule has 0 radical (unpaired) electrons. The molecule has 0 N–H and O–H groups in total. The van der Waals surface area contributed by atoms with E-state index in [4.69, 9.17) is 0 Å². The molecule has 1 atom stereocenters. The van der Waals surface area contributed by atoms with Crippen molar-refractivity contribution in [3.63, 3.8) is 0 Å². The third-order valence-electron chi connectivity index (χ3n) is 3.69. The molecule has 0 amide bonds. The minimum Gasteiger partial charge on any atom is -0.330 e. The first kappa shape index (κ1) is 18.6. The van der Waals surface area contributed by atoms with E-state index in [1.165, 1.54) is 28.6 Å². The number of alkyl halides is 1. The maximum atomic E-state index is 3.77. The molecule has 1 unspecified atom stereocenters. The normalized spacial score (nSPS) is 15.9. The van der Waals surface area contributed by atoms with Gasteiger partial charge in [-0.3, -0.25) is 0 Å². The van der Waals surface area contributed by atoms with Crippen molar-refractivity contribution in [2.75, 3.05) is 53.9 Å². The van der Waals surface area contributed by atoms with Gasteiger partial charge in [-0.25, -0.2) is 0 Å². The van der Waals surface area contributed by atoms with E-state index < -0.39 is 0 Å². The van der Waals surface area contributed by atoms with Crippen LogP contribution in [0.25, 0.3) is 0 Å². The number of halogens is 2. The van der Waals surface area contributed by atoms with Crippen molar-refractivity contribution in [2.24, 2.45) is 0 Å². The van der Waals surface area contributed by atoms with Crippen LogP contribution in [-0.4, -0.2) is 67.7 Å². The molecule has 18 heavy (non-hydrogen) atoms. The monoisotopic (exact) mass is 384 g/mol. The lowest BCUT2D eigenvalue weighted by molar-refractivity contribution is -0.917. The van der Waals surface area contributed by atoms with Gasteiger partial charge in [0.05, 0.1) is 58.7 Å². The highest BCUT2D eigenvalue weighted by molar-refractivity contribution is 9.14. The predicted molar refractivity (Wildman–Crippen MR) is 89.4 cm³/mol. The summed E-state index contributed by atoms with van der Waals surface area (Å²) in [6, 6.07) is 0. The molecule has 4 heteroatoms. The highest BCUT2D eigenvalue weighted by Crippen LogP contribution is 2.21. The third kappa shape index (κ3) is 6.69. The number of likely N-dealkylation sites (N-methyl/N-ethyl adjacent to an activating group) is 1. The summed E-state index contributed by atoms with van der Waals surface area (Å²) in [5.74, 6) is 0. The number of nitrogens with zero attached hydrogens (tertiary/aromatic N) is 2. The SMILES string of the molecule is CC[N+](CC)(CC)C/C=C(\Br)C(Br)C[N+](C)(C)C. The van der Waals surface area contributed by atoms with E-state index in [2.05, 4.69) is 79.9 Å². The zero-order chi connectivity index (χ0) is 14.4. The molecule has 0 aromatic carbocycles. The van der Waals surface area contributed by atoms with E-state index in [0.717, 1.165) is 17.6 Å². The van der Waals surface area contributed by atoms with Crippen LogP contribution in [0.5, 0.6) is 0 Å². The second-order valence-electron chi connectivity index (χ2n) is 6.00. The van der Waals surface area contributed by atoms with Gasteiger partial charge in [0.25, 0.3) is 0 Å². The van der Waals surface area contributed by atoms with E-state index in [0.29, 0.717) is 4.83 Å². The van der Waals surface area contributed by atoms with E-state index >= 15 is 0 Å². The molecule has 0 aromatic rings. The second-order valence-corrected chi connectivity index (χ2v) is 8.02. The first-order chi connectivity index (χ1) is 8.19. The van der Waals surface area contributed by atoms with Crippen molar-refractivity contribution in [1.29, 1.82) is 0 Å². The number of hydrogen-bond donors (Lipinski definition) is 0. The molecule has 0 bridgehead atoms. The number of rotatable bonds is 8. The van der Waals surface area contributed by atoms with Crippen molar-refractivity contribution in [3.05, 3.63) is 10.6 Å². The summed E-state index contributed by atoms with van der Waals surface area (Å²) >= 11 is 7.51. The van der Waals surface area contributed by atoms with Gasteiger partial charge in [0.15, 0.2) is 0 Å². The Labute approximate surface area is 130 Å². The van der Waals surface area contributed by atoms with Gasteiger partial charge in [-0.2, -0.15) is 0 Å². The molecule has 108 valence electrons. The first-order valence-electron chi connectivity index (χ1n) is 6.85. The zero-order valence-electron chi connectivity index (χ0n) is 12.8. The Bertz CT molecular complexity index is 257. The fourth-order valence-electron chi connectivity index (χ4n) is 2.03. The van der Waals surface area contributed by atoms with Crippen LogP contribution < -0.4 is 0 Å². The molecule has 2 nitrogen and oxygen atoms in total. The van der Waals surface area contributed by atoms with Crippen molar-refractivity contribution in [1.82, 2.24) is 0 Å². The van der Waals surface area contributed by atoms with Gasteiger partial charge >= 0.3 is 0 Å². The molecular weight excluding hydrogens is 356 g/mol. The Morgan fingerprint density at radius 3 is 1.83 bits per heavy atom. The van der Waals surface area contributed by atoms with Gasteiger partial charge < -0.3 is 8.97 Å². The molecule has 0 rings (SSSR count). The van der Waals surface area contributed by atoms with E-state index in [1.54, 1.807) is 0 Å². The van der Waals surface area contributed by atoms with Crippen LogP contribution in [0.1, 0.15) is 20.8 Å².